The molecule has 6 nitrogen and oxygen atoms in total. The van der Waals surface area contributed by atoms with Gasteiger partial charge in [0.25, 0.3) is 0 Å². The van der Waals surface area contributed by atoms with Crippen molar-refractivity contribution in [1.82, 2.24) is 9.80 Å². The van der Waals surface area contributed by atoms with Crippen molar-refractivity contribution in [3.63, 3.8) is 0 Å². The zero-order valence-corrected chi connectivity index (χ0v) is 22.3. The number of piperazine rings is 1. The SMILES string of the molecule is COc1ccc(CN2C(=O)[C@@](C)(Cc3ccccc3)N(Cc3ccc(OC)cc3)C(=O)[C@@H]2C(C)C)cc1. The van der Waals surface area contributed by atoms with Gasteiger partial charge in [0, 0.05) is 19.5 Å². The summed E-state index contributed by atoms with van der Waals surface area (Å²) in [6.45, 7) is 6.61. The molecule has 0 unspecified atom stereocenters. The van der Waals surface area contributed by atoms with Gasteiger partial charge in [0.05, 0.1) is 14.2 Å². The molecule has 0 spiro atoms. The van der Waals surface area contributed by atoms with Crippen LogP contribution < -0.4 is 9.47 Å². The van der Waals surface area contributed by atoms with Gasteiger partial charge in [-0.15, -0.1) is 0 Å². The zero-order valence-electron chi connectivity index (χ0n) is 22.3. The molecule has 0 bridgehead atoms. The minimum atomic E-state index is -1.05. The van der Waals surface area contributed by atoms with Gasteiger partial charge >= 0.3 is 0 Å². The molecule has 37 heavy (non-hydrogen) atoms. The standard InChI is InChI=1S/C31H36N2O4/c1-22(2)28-29(34)33(21-25-13-17-27(37-5)18-14-25)31(3,19-23-9-7-6-8-10-23)30(35)32(28)20-24-11-15-26(36-4)16-12-24/h6-18,22,28H,19-21H2,1-5H3/t28-,31+/m0/s1. The number of benzene rings is 3. The van der Waals surface area contributed by atoms with E-state index in [4.69, 9.17) is 9.47 Å². The Balaban J connectivity index is 1.74. The highest BCUT2D eigenvalue weighted by molar-refractivity contribution is 6.00. The van der Waals surface area contributed by atoms with E-state index >= 15 is 0 Å². The molecule has 2 atom stereocenters. The molecule has 1 fully saturated rings. The molecule has 0 aromatic heterocycles. The second-order valence-corrected chi connectivity index (χ2v) is 10.2. The quantitative estimate of drug-likeness (QED) is 0.410. The number of rotatable bonds is 9. The topological polar surface area (TPSA) is 59.1 Å². The third-order valence-electron chi connectivity index (χ3n) is 7.21. The van der Waals surface area contributed by atoms with Crippen molar-refractivity contribution in [1.29, 1.82) is 0 Å². The van der Waals surface area contributed by atoms with Gasteiger partial charge < -0.3 is 19.3 Å². The molecule has 2 amide bonds. The number of methoxy groups -OCH3 is 2. The smallest absolute Gasteiger partial charge is 0.249 e. The lowest BCUT2D eigenvalue weighted by atomic mass is 9.82. The van der Waals surface area contributed by atoms with E-state index in [1.54, 1.807) is 24.0 Å². The van der Waals surface area contributed by atoms with E-state index in [2.05, 4.69) is 0 Å². The van der Waals surface area contributed by atoms with E-state index < -0.39 is 11.6 Å². The molecule has 3 aromatic carbocycles. The van der Waals surface area contributed by atoms with E-state index in [-0.39, 0.29) is 17.7 Å². The third-order valence-corrected chi connectivity index (χ3v) is 7.21. The number of nitrogens with zero attached hydrogens (tertiary/aromatic N) is 2. The largest absolute Gasteiger partial charge is 0.497 e. The van der Waals surface area contributed by atoms with E-state index in [9.17, 15) is 9.59 Å². The maximum Gasteiger partial charge on any atom is 0.249 e. The average Bonchev–Trinajstić information content (AvgIpc) is 2.91. The van der Waals surface area contributed by atoms with Gasteiger partial charge in [-0.05, 0) is 53.8 Å². The second kappa shape index (κ2) is 11.1. The molecule has 6 heteroatoms. The van der Waals surface area contributed by atoms with Gasteiger partial charge in [0.2, 0.25) is 11.8 Å². The Morgan fingerprint density at radius 1 is 0.757 bits per heavy atom. The summed E-state index contributed by atoms with van der Waals surface area (Å²) in [5.41, 5.74) is 1.87. The highest BCUT2D eigenvalue weighted by atomic mass is 16.5. The fourth-order valence-electron chi connectivity index (χ4n) is 5.16. The van der Waals surface area contributed by atoms with Gasteiger partial charge in [-0.3, -0.25) is 9.59 Å². The lowest BCUT2D eigenvalue weighted by molar-refractivity contribution is -0.173. The van der Waals surface area contributed by atoms with Gasteiger partial charge in [0.15, 0.2) is 0 Å². The molecule has 1 heterocycles. The Labute approximate surface area is 219 Å². The van der Waals surface area contributed by atoms with Crippen molar-refractivity contribution in [3.8, 4) is 11.5 Å². The summed E-state index contributed by atoms with van der Waals surface area (Å²) < 4.78 is 10.6. The first-order valence-electron chi connectivity index (χ1n) is 12.7. The first-order valence-corrected chi connectivity index (χ1v) is 12.7. The third kappa shape index (κ3) is 5.48. The molecule has 0 aliphatic carbocycles. The van der Waals surface area contributed by atoms with Crippen molar-refractivity contribution >= 4 is 11.8 Å². The molecular formula is C31H36N2O4. The maximum atomic E-state index is 14.4. The van der Waals surface area contributed by atoms with E-state index in [1.807, 2.05) is 99.6 Å². The van der Waals surface area contributed by atoms with Crippen LogP contribution in [0.3, 0.4) is 0 Å². The summed E-state index contributed by atoms with van der Waals surface area (Å²) in [6.07, 6.45) is 0.429. The zero-order chi connectivity index (χ0) is 26.6. The van der Waals surface area contributed by atoms with Crippen LogP contribution in [-0.4, -0.2) is 47.4 Å². The molecule has 1 saturated heterocycles. The normalized spacial score (nSPS) is 19.9. The molecule has 0 radical (unpaired) electrons. The van der Waals surface area contributed by atoms with Crippen LogP contribution in [0.5, 0.6) is 11.5 Å². The molecule has 194 valence electrons. The van der Waals surface area contributed by atoms with Crippen LogP contribution in [0, 0.1) is 5.92 Å². The summed E-state index contributed by atoms with van der Waals surface area (Å²) in [4.78, 5) is 32.2. The highest BCUT2D eigenvalue weighted by Gasteiger charge is 2.54. The number of hydrogen-bond acceptors (Lipinski definition) is 4. The van der Waals surface area contributed by atoms with Crippen molar-refractivity contribution in [3.05, 3.63) is 95.6 Å². The fraction of sp³-hybridized carbons (Fsp3) is 0.355. The van der Waals surface area contributed by atoms with Crippen molar-refractivity contribution in [2.75, 3.05) is 14.2 Å². The number of carbonyl (C=O) groups is 2. The van der Waals surface area contributed by atoms with E-state index in [1.165, 1.54) is 0 Å². The van der Waals surface area contributed by atoms with Gasteiger partial charge in [-0.2, -0.15) is 0 Å². The van der Waals surface area contributed by atoms with Crippen LogP contribution in [-0.2, 0) is 29.1 Å². The molecule has 1 aliphatic heterocycles. The molecule has 1 aliphatic rings. The molecule has 0 N–H and O–H groups in total. The first kappa shape index (κ1) is 26.3. The Morgan fingerprint density at radius 2 is 1.27 bits per heavy atom. The predicted molar refractivity (Wildman–Crippen MR) is 144 cm³/mol. The average molecular weight is 501 g/mol. The Hall–Kier alpha value is -3.80. The Kier molecular flexibility index (Phi) is 7.86. The van der Waals surface area contributed by atoms with Crippen molar-refractivity contribution in [2.45, 2.75) is 51.9 Å². The first-order chi connectivity index (χ1) is 17.8. The summed E-state index contributed by atoms with van der Waals surface area (Å²) in [5.74, 6) is 1.39. The Bertz CT molecular complexity index is 1210. The second-order valence-electron chi connectivity index (χ2n) is 10.2. The van der Waals surface area contributed by atoms with Crippen LogP contribution >= 0.6 is 0 Å². The van der Waals surface area contributed by atoms with Crippen molar-refractivity contribution < 1.29 is 19.1 Å². The number of carbonyl (C=O) groups excluding carboxylic acids is 2. The predicted octanol–water partition coefficient (Wildman–Crippen LogP) is 5.10. The van der Waals surface area contributed by atoms with Crippen LogP contribution in [0.2, 0.25) is 0 Å². The van der Waals surface area contributed by atoms with Gasteiger partial charge in [-0.1, -0.05) is 68.4 Å². The van der Waals surface area contributed by atoms with E-state index in [0.717, 1.165) is 28.2 Å². The lowest BCUT2D eigenvalue weighted by Crippen LogP contribution is -2.71. The fourth-order valence-corrected chi connectivity index (χ4v) is 5.16. The van der Waals surface area contributed by atoms with E-state index in [0.29, 0.717) is 19.5 Å². The monoisotopic (exact) mass is 500 g/mol. The number of amides is 2. The number of ether oxygens (including phenoxy) is 2. The summed E-state index contributed by atoms with van der Waals surface area (Å²) in [5, 5.41) is 0. The van der Waals surface area contributed by atoms with Crippen LogP contribution in [0.4, 0.5) is 0 Å². The highest BCUT2D eigenvalue weighted by Crippen LogP contribution is 2.35. The molecular weight excluding hydrogens is 464 g/mol. The molecule has 4 rings (SSSR count). The van der Waals surface area contributed by atoms with Gasteiger partial charge in [-0.25, -0.2) is 0 Å². The summed E-state index contributed by atoms with van der Waals surface area (Å²) in [6, 6.07) is 24.7. The van der Waals surface area contributed by atoms with Gasteiger partial charge in [0.1, 0.15) is 23.1 Å². The molecule has 3 aromatic rings. The minimum absolute atomic E-state index is 0.0302. The maximum absolute atomic E-state index is 14.4. The summed E-state index contributed by atoms with van der Waals surface area (Å²) >= 11 is 0. The lowest BCUT2D eigenvalue weighted by Gasteiger charge is -2.52. The van der Waals surface area contributed by atoms with Crippen LogP contribution in [0.15, 0.2) is 78.9 Å². The minimum Gasteiger partial charge on any atom is -0.497 e. The summed E-state index contributed by atoms with van der Waals surface area (Å²) in [7, 11) is 3.26. The Morgan fingerprint density at radius 3 is 1.76 bits per heavy atom. The van der Waals surface area contributed by atoms with Crippen LogP contribution in [0.25, 0.3) is 0 Å². The van der Waals surface area contributed by atoms with Crippen LogP contribution in [0.1, 0.15) is 37.5 Å². The number of hydrogen-bond donors (Lipinski definition) is 0. The molecule has 0 saturated carbocycles. The van der Waals surface area contributed by atoms with Crippen molar-refractivity contribution in [2.24, 2.45) is 5.92 Å².